The molecule has 0 saturated carbocycles. The van der Waals surface area contributed by atoms with E-state index in [1.807, 2.05) is 0 Å². The van der Waals surface area contributed by atoms with Gasteiger partial charge in [0, 0.05) is 0 Å². The topological polar surface area (TPSA) is 58.2 Å². The summed E-state index contributed by atoms with van der Waals surface area (Å²) in [4.78, 5) is 0. The molecule has 1 heterocycles. The minimum Gasteiger partial charge on any atom is -0.316 e. The van der Waals surface area contributed by atoms with Gasteiger partial charge in [0.05, 0.1) is 5.75 Å². The van der Waals surface area contributed by atoms with Crippen LogP contribution in [0.1, 0.15) is 6.92 Å². The lowest BCUT2D eigenvalue weighted by molar-refractivity contribution is 0.483. The van der Waals surface area contributed by atoms with Gasteiger partial charge >= 0.3 is 0 Å². The molecule has 0 spiro atoms. The molecule has 2 atom stereocenters. The first kappa shape index (κ1) is 9.95. The van der Waals surface area contributed by atoms with Gasteiger partial charge in [-0.2, -0.15) is 0 Å². The lowest BCUT2D eigenvalue weighted by Crippen LogP contribution is -2.29. The number of hydrogen-bond acceptors (Lipinski definition) is 3. The Hall–Kier alpha value is -0.130. The minimum absolute atomic E-state index is 0.248. The van der Waals surface area contributed by atoms with Crippen molar-refractivity contribution in [3.8, 4) is 0 Å². The van der Waals surface area contributed by atoms with E-state index in [0.29, 0.717) is 5.92 Å². The number of nitrogens with one attached hydrogen (secondary N) is 2. The zero-order valence-electron chi connectivity index (χ0n) is 7.50. The number of rotatable bonds is 3. The standard InChI is InChI=1S/C7H16N2O2S/c1-6-3-9-4-7(6)5-12(10,11)8-2/h6-9H,3-5H2,1-2H3/t6-,7+/m1/s1. The molecule has 2 N–H and O–H groups in total. The third-order valence-corrected chi connectivity index (χ3v) is 3.91. The van der Waals surface area contributed by atoms with Crippen LogP contribution in [0.15, 0.2) is 0 Å². The van der Waals surface area contributed by atoms with Crippen LogP contribution in [-0.4, -0.2) is 34.3 Å². The van der Waals surface area contributed by atoms with Crippen LogP contribution in [0.2, 0.25) is 0 Å². The van der Waals surface area contributed by atoms with Crippen LogP contribution < -0.4 is 10.0 Å². The first-order valence-electron chi connectivity index (χ1n) is 4.17. The minimum atomic E-state index is -3.03. The Labute approximate surface area is 73.8 Å². The highest BCUT2D eigenvalue weighted by atomic mass is 32.2. The van der Waals surface area contributed by atoms with E-state index in [9.17, 15) is 8.42 Å². The molecule has 4 nitrogen and oxygen atoms in total. The maximum atomic E-state index is 11.2. The number of hydrogen-bond donors (Lipinski definition) is 2. The third kappa shape index (κ3) is 2.43. The summed E-state index contributed by atoms with van der Waals surface area (Å²) < 4.78 is 24.7. The van der Waals surface area contributed by atoms with Gasteiger partial charge < -0.3 is 5.32 Å². The second kappa shape index (κ2) is 3.72. The van der Waals surface area contributed by atoms with Crippen LogP contribution in [0.4, 0.5) is 0 Å². The predicted molar refractivity (Wildman–Crippen MR) is 48.4 cm³/mol. The molecule has 1 saturated heterocycles. The Bertz CT molecular complexity index is 238. The lowest BCUT2D eigenvalue weighted by atomic mass is 10.0. The van der Waals surface area contributed by atoms with Crippen molar-refractivity contribution in [2.45, 2.75) is 6.92 Å². The molecule has 1 rings (SSSR count). The molecule has 0 aromatic carbocycles. The highest BCUT2D eigenvalue weighted by Crippen LogP contribution is 2.16. The van der Waals surface area contributed by atoms with E-state index in [1.165, 1.54) is 7.05 Å². The van der Waals surface area contributed by atoms with Crippen LogP contribution in [-0.2, 0) is 10.0 Å². The molecule has 0 aliphatic carbocycles. The van der Waals surface area contributed by atoms with Gasteiger partial charge in [-0.3, -0.25) is 0 Å². The first-order valence-corrected chi connectivity index (χ1v) is 5.82. The second-order valence-electron chi connectivity index (χ2n) is 3.38. The van der Waals surface area contributed by atoms with Gasteiger partial charge in [-0.25, -0.2) is 13.1 Å². The maximum Gasteiger partial charge on any atom is 0.211 e. The number of sulfonamides is 1. The monoisotopic (exact) mass is 192 g/mol. The van der Waals surface area contributed by atoms with E-state index in [-0.39, 0.29) is 11.7 Å². The summed E-state index contributed by atoms with van der Waals surface area (Å²) in [5.74, 6) is 0.980. The van der Waals surface area contributed by atoms with Crippen molar-refractivity contribution in [3.05, 3.63) is 0 Å². The Balaban J connectivity index is 2.51. The van der Waals surface area contributed by atoms with Crippen molar-refractivity contribution in [2.75, 3.05) is 25.9 Å². The Morgan fingerprint density at radius 3 is 2.58 bits per heavy atom. The van der Waals surface area contributed by atoms with Crippen molar-refractivity contribution in [1.29, 1.82) is 0 Å². The summed E-state index contributed by atoms with van der Waals surface area (Å²) in [6, 6.07) is 0. The van der Waals surface area contributed by atoms with Crippen LogP contribution in [0.3, 0.4) is 0 Å². The molecule has 1 fully saturated rings. The third-order valence-electron chi connectivity index (χ3n) is 2.42. The molecular weight excluding hydrogens is 176 g/mol. The molecule has 0 unspecified atom stereocenters. The quantitative estimate of drug-likeness (QED) is 0.627. The normalized spacial score (nSPS) is 30.8. The van der Waals surface area contributed by atoms with Crippen molar-refractivity contribution in [3.63, 3.8) is 0 Å². The van der Waals surface area contributed by atoms with E-state index in [2.05, 4.69) is 17.0 Å². The molecule has 0 amide bonds. The van der Waals surface area contributed by atoms with E-state index >= 15 is 0 Å². The molecule has 1 aliphatic heterocycles. The summed E-state index contributed by atoms with van der Waals surface area (Å²) in [7, 11) is -1.57. The zero-order chi connectivity index (χ0) is 9.19. The lowest BCUT2D eigenvalue weighted by Gasteiger charge is -2.13. The molecule has 0 aromatic heterocycles. The Kier molecular flexibility index (Phi) is 3.09. The summed E-state index contributed by atoms with van der Waals surface area (Å²) in [5, 5.41) is 3.18. The molecule has 0 bridgehead atoms. The highest BCUT2D eigenvalue weighted by molar-refractivity contribution is 7.89. The molecule has 5 heteroatoms. The van der Waals surface area contributed by atoms with Crippen LogP contribution >= 0.6 is 0 Å². The van der Waals surface area contributed by atoms with Gasteiger partial charge in [0.1, 0.15) is 0 Å². The fourth-order valence-corrected chi connectivity index (χ4v) is 2.63. The molecule has 1 aliphatic rings. The van der Waals surface area contributed by atoms with E-state index in [4.69, 9.17) is 0 Å². The fourth-order valence-electron chi connectivity index (χ4n) is 1.45. The van der Waals surface area contributed by atoms with Gasteiger partial charge in [-0.05, 0) is 32.0 Å². The van der Waals surface area contributed by atoms with Crippen LogP contribution in [0.5, 0.6) is 0 Å². The first-order chi connectivity index (χ1) is 5.55. The second-order valence-corrected chi connectivity index (χ2v) is 5.35. The van der Waals surface area contributed by atoms with Gasteiger partial charge in [-0.1, -0.05) is 6.92 Å². The summed E-state index contributed by atoms with van der Waals surface area (Å²) in [6.07, 6.45) is 0. The maximum absolute atomic E-state index is 11.2. The Morgan fingerprint density at radius 2 is 2.17 bits per heavy atom. The molecule has 72 valence electrons. The van der Waals surface area contributed by atoms with Gasteiger partial charge in [-0.15, -0.1) is 0 Å². The summed E-state index contributed by atoms with van der Waals surface area (Å²) in [6.45, 7) is 3.84. The average Bonchev–Trinajstić information content (AvgIpc) is 2.36. The smallest absolute Gasteiger partial charge is 0.211 e. The zero-order valence-corrected chi connectivity index (χ0v) is 8.32. The van der Waals surface area contributed by atoms with Crippen molar-refractivity contribution in [1.82, 2.24) is 10.0 Å². The Morgan fingerprint density at radius 1 is 1.50 bits per heavy atom. The molecule has 0 radical (unpaired) electrons. The van der Waals surface area contributed by atoms with E-state index in [0.717, 1.165) is 13.1 Å². The summed E-state index contributed by atoms with van der Waals surface area (Å²) >= 11 is 0. The largest absolute Gasteiger partial charge is 0.316 e. The SMILES string of the molecule is CNS(=O)(=O)C[C@@H]1CNC[C@H]1C. The van der Waals surface area contributed by atoms with E-state index in [1.54, 1.807) is 0 Å². The van der Waals surface area contributed by atoms with Crippen molar-refractivity contribution in [2.24, 2.45) is 11.8 Å². The van der Waals surface area contributed by atoms with Crippen molar-refractivity contribution < 1.29 is 8.42 Å². The molecular formula is C7H16N2O2S. The molecule has 12 heavy (non-hydrogen) atoms. The van der Waals surface area contributed by atoms with Crippen LogP contribution in [0.25, 0.3) is 0 Å². The van der Waals surface area contributed by atoms with Crippen LogP contribution in [0, 0.1) is 11.8 Å². The van der Waals surface area contributed by atoms with Gasteiger partial charge in [0.2, 0.25) is 10.0 Å². The predicted octanol–water partition coefficient (Wildman–Crippen LogP) is -0.609. The summed E-state index contributed by atoms with van der Waals surface area (Å²) in [5.41, 5.74) is 0. The van der Waals surface area contributed by atoms with E-state index < -0.39 is 10.0 Å². The van der Waals surface area contributed by atoms with Crippen molar-refractivity contribution >= 4 is 10.0 Å². The van der Waals surface area contributed by atoms with Gasteiger partial charge in [0.15, 0.2) is 0 Å². The fraction of sp³-hybridized carbons (Fsp3) is 1.00. The molecule has 0 aromatic rings. The average molecular weight is 192 g/mol. The highest BCUT2D eigenvalue weighted by Gasteiger charge is 2.27. The van der Waals surface area contributed by atoms with Gasteiger partial charge in [0.25, 0.3) is 0 Å².